The van der Waals surface area contributed by atoms with Gasteiger partial charge in [-0.3, -0.25) is 0 Å². The number of ether oxygens (including phenoxy) is 1. The van der Waals surface area contributed by atoms with Crippen molar-refractivity contribution in [3.8, 4) is 17.1 Å². The zero-order chi connectivity index (χ0) is 15.7. The van der Waals surface area contributed by atoms with Crippen molar-refractivity contribution in [2.24, 2.45) is 0 Å². The SMILES string of the molecule is FC(F)(F)COc1ccc2ncc(-c3cccc(Cl)c3)n2n1. The predicted octanol–water partition coefficient (Wildman–Crippen LogP) is 3.99. The van der Waals surface area contributed by atoms with E-state index in [0.29, 0.717) is 16.4 Å². The first-order valence-electron chi connectivity index (χ1n) is 6.23. The molecule has 0 saturated heterocycles. The molecule has 1 aromatic carbocycles. The number of alkyl halides is 3. The summed E-state index contributed by atoms with van der Waals surface area (Å²) in [6, 6.07) is 9.89. The van der Waals surface area contributed by atoms with E-state index in [1.54, 1.807) is 30.5 Å². The fourth-order valence-corrected chi connectivity index (χ4v) is 2.12. The predicted molar refractivity (Wildman–Crippen MR) is 75.0 cm³/mol. The zero-order valence-corrected chi connectivity index (χ0v) is 11.8. The number of halogens is 4. The summed E-state index contributed by atoms with van der Waals surface area (Å²) in [5, 5.41) is 4.57. The Morgan fingerprint density at radius 2 is 2.00 bits per heavy atom. The number of imidazole rings is 1. The molecule has 0 unspecified atom stereocenters. The number of rotatable bonds is 3. The summed E-state index contributed by atoms with van der Waals surface area (Å²) < 4.78 is 42.7. The summed E-state index contributed by atoms with van der Waals surface area (Å²) in [6.45, 7) is -1.40. The molecule has 0 amide bonds. The molecule has 0 fully saturated rings. The van der Waals surface area contributed by atoms with Crippen LogP contribution in [0.2, 0.25) is 5.02 Å². The van der Waals surface area contributed by atoms with Gasteiger partial charge in [-0.1, -0.05) is 23.7 Å². The molecule has 3 aromatic rings. The maximum Gasteiger partial charge on any atom is 0.422 e. The van der Waals surface area contributed by atoms with Crippen LogP contribution in [0.4, 0.5) is 13.2 Å². The van der Waals surface area contributed by atoms with E-state index in [-0.39, 0.29) is 5.88 Å². The summed E-state index contributed by atoms with van der Waals surface area (Å²) in [5.41, 5.74) is 1.85. The number of hydrogen-bond acceptors (Lipinski definition) is 3. The van der Waals surface area contributed by atoms with Crippen molar-refractivity contribution in [1.29, 1.82) is 0 Å². The molecule has 0 aliphatic carbocycles. The van der Waals surface area contributed by atoms with E-state index >= 15 is 0 Å². The summed E-state index contributed by atoms with van der Waals surface area (Å²) in [6.07, 6.45) is -2.84. The molecule has 0 saturated carbocycles. The van der Waals surface area contributed by atoms with Crippen LogP contribution in [0.25, 0.3) is 16.9 Å². The lowest BCUT2D eigenvalue weighted by Crippen LogP contribution is -2.20. The van der Waals surface area contributed by atoms with Gasteiger partial charge in [-0.2, -0.15) is 13.2 Å². The molecule has 0 atom stereocenters. The third-order valence-corrected chi connectivity index (χ3v) is 3.08. The minimum Gasteiger partial charge on any atom is -0.467 e. The van der Waals surface area contributed by atoms with E-state index in [1.165, 1.54) is 16.6 Å². The molecule has 22 heavy (non-hydrogen) atoms. The maximum atomic E-state index is 12.2. The Morgan fingerprint density at radius 3 is 2.73 bits per heavy atom. The molecule has 0 aliphatic rings. The van der Waals surface area contributed by atoms with Gasteiger partial charge >= 0.3 is 6.18 Å². The molecule has 0 aliphatic heterocycles. The molecule has 0 radical (unpaired) electrons. The molecular formula is C14H9ClF3N3O. The van der Waals surface area contributed by atoms with Crippen LogP contribution < -0.4 is 4.74 Å². The third kappa shape index (κ3) is 3.14. The van der Waals surface area contributed by atoms with Gasteiger partial charge in [0, 0.05) is 16.7 Å². The Labute approximate surface area is 128 Å². The lowest BCUT2D eigenvalue weighted by atomic mass is 10.2. The van der Waals surface area contributed by atoms with E-state index in [4.69, 9.17) is 11.6 Å². The van der Waals surface area contributed by atoms with Crippen molar-refractivity contribution in [2.45, 2.75) is 6.18 Å². The minimum absolute atomic E-state index is 0.133. The Hall–Kier alpha value is -2.28. The fraction of sp³-hybridized carbons (Fsp3) is 0.143. The summed E-state index contributed by atoms with van der Waals surface area (Å²) in [5.74, 6) is -0.133. The van der Waals surface area contributed by atoms with Gasteiger partial charge in [-0.25, -0.2) is 9.50 Å². The van der Waals surface area contributed by atoms with Crippen molar-refractivity contribution in [3.63, 3.8) is 0 Å². The number of nitrogens with zero attached hydrogens (tertiary/aromatic N) is 3. The fourth-order valence-electron chi connectivity index (χ4n) is 1.93. The molecule has 0 bridgehead atoms. The maximum absolute atomic E-state index is 12.2. The van der Waals surface area contributed by atoms with Gasteiger partial charge in [0.1, 0.15) is 0 Å². The molecule has 0 spiro atoms. The van der Waals surface area contributed by atoms with E-state index in [9.17, 15) is 13.2 Å². The summed E-state index contributed by atoms with van der Waals surface area (Å²) in [7, 11) is 0. The highest BCUT2D eigenvalue weighted by molar-refractivity contribution is 6.30. The van der Waals surface area contributed by atoms with Gasteiger partial charge in [0.15, 0.2) is 12.3 Å². The van der Waals surface area contributed by atoms with Crippen LogP contribution in [-0.4, -0.2) is 27.4 Å². The largest absolute Gasteiger partial charge is 0.467 e. The van der Waals surface area contributed by atoms with Crippen molar-refractivity contribution >= 4 is 17.2 Å². The van der Waals surface area contributed by atoms with Crippen molar-refractivity contribution in [3.05, 3.63) is 47.6 Å². The monoisotopic (exact) mass is 327 g/mol. The highest BCUT2D eigenvalue weighted by Gasteiger charge is 2.28. The molecule has 8 heteroatoms. The molecule has 0 N–H and O–H groups in total. The van der Waals surface area contributed by atoms with Crippen LogP contribution in [0.15, 0.2) is 42.6 Å². The lowest BCUT2D eigenvalue weighted by Gasteiger charge is -2.09. The number of benzene rings is 1. The highest BCUT2D eigenvalue weighted by atomic mass is 35.5. The van der Waals surface area contributed by atoms with Crippen LogP contribution in [0.3, 0.4) is 0 Å². The lowest BCUT2D eigenvalue weighted by molar-refractivity contribution is -0.154. The molecule has 2 aromatic heterocycles. The van der Waals surface area contributed by atoms with E-state index < -0.39 is 12.8 Å². The quantitative estimate of drug-likeness (QED) is 0.730. The molecule has 114 valence electrons. The van der Waals surface area contributed by atoms with E-state index in [2.05, 4.69) is 14.8 Å². The van der Waals surface area contributed by atoms with Crippen molar-refractivity contribution < 1.29 is 17.9 Å². The van der Waals surface area contributed by atoms with Gasteiger partial charge in [0.05, 0.1) is 11.9 Å². The minimum atomic E-state index is -4.42. The van der Waals surface area contributed by atoms with Gasteiger partial charge in [0.25, 0.3) is 0 Å². The summed E-state index contributed by atoms with van der Waals surface area (Å²) in [4.78, 5) is 4.15. The first kappa shape index (κ1) is 14.6. The smallest absolute Gasteiger partial charge is 0.422 e. The molecule has 2 heterocycles. The third-order valence-electron chi connectivity index (χ3n) is 2.84. The topological polar surface area (TPSA) is 39.4 Å². The Balaban J connectivity index is 1.98. The second-order valence-corrected chi connectivity index (χ2v) is 4.94. The summed E-state index contributed by atoms with van der Waals surface area (Å²) >= 11 is 5.94. The number of aromatic nitrogens is 3. The Morgan fingerprint density at radius 1 is 1.18 bits per heavy atom. The number of hydrogen-bond donors (Lipinski definition) is 0. The van der Waals surface area contributed by atoms with Gasteiger partial charge in [0.2, 0.25) is 5.88 Å². The average molecular weight is 328 g/mol. The highest BCUT2D eigenvalue weighted by Crippen LogP contribution is 2.24. The zero-order valence-electron chi connectivity index (χ0n) is 11.0. The second-order valence-electron chi connectivity index (χ2n) is 4.50. The molecular weight excluding hydrogens is 319 g/mol. The van der Waals surface area contributed by atoms with Crippen LogP contribution in [-0.2, 0) is 0 Å². The van der Waals surface area contributed by atoms with Crippen LogP contribution in [0.1, 0.15) is 0 Å². The first-order valence-corrected chi connectivity index (χ1v) is 6.60. The van der Waals surface area contributed by atoms with Gasteiger partial charge in [-0.05, 0) is 18.2 Å². The van der Waals surface area contributed by atoms with Gasteiger partial charge < -0.3 is 4.74 Å². The molecule has 3 rings (SSSR count). The Bertz CT molecular complexity index is 816. The van der Waals surface area contributed by atoms with E-state index in [1.807, 2.05) is 0 Å². The second kappa shape index (κ2) is 5.49. The normalized spacial score (nSPS) is 11.8. The van der Waals surface area contributed by atoms with Gasteiger partial charge in [-0.15, -0.1) is 5.10 Å². The van der Waals surface area contributed by atoms with Crippen molar-refractivity contribution in [1.82, 2.24) is 14.6 Å². The first-order chi connectivity index (χ1) is 10.4. The van der Waals surface area contributed by atoms with E-state index in [0.717, 1.165) is 5.56 Å². The number of fused-ring (bicyclic) bond motifs is 1. The van der Waals surface area contributed by atoms with Crippen LogP contribution >= 0.6 is 11.6 Å². The standard InChI is InChI=1S/C14H9ClF3N3O/c15-10-3-1-2-9(6-10)11-7-19-12-4-5-13(20-21(11)12)22-8-14(16,17)18/h1-7H,8H2. The Kier molecular flexibility index (Phi) is 3.66. The average Bonchev–Trinajstić information content (AvgIpc) is 2.87. The van der Waals surface area contributed by atoms with Crippen LogP contribution in [0, 0.1) is 0 Å². The van der Waals surface area contributed by atoms with Crippen molar-refractivity contribution in [2.75, 3.05) is 6.61 Å². The molecule has 4 nitrogen and oxygen atoms in total. The van der Waals surface area contributed by atoms with Crippen LogP contribution in [0.5, 0.6) is 5.88 Å².